The maximum Gasteiger partial charge on any atom is 0.341 e. The molecule has 0 amide bonds. The van der Waals surface area contributed by atoms with E-state index < -0.39 is 5.97 Å². The minimum absolute atomic E-state index is 0.216. The third kappa shape index (κ3) is 2.12. The Labute approximate surface area is 101 Å². The first-order chi connectivity index (χ1) is 8.15. The molecule has 4 heteroatoms. The molecule has 0 atom stereocenters. The number of aryl methyl sites for hydroxylation is 1. The molecule has 2 rings (SSSR count). The fourth-order valence-electron chi connectivity index (χ4n) is 2.48. The zero-order valence-corrected chi connectivity index (χ0v) is 10.2. The molecule has 0 aromatic carbocycles. The van der Waals surface area contributed by atoms with Gasteiger partial charge in [-0.3, -0.25) is 0 Å². The van der Waals surface area contributed by atoms with Crippen LogP contribution in [0.25, 0.3) is 0 Å². The third-order valence-corrected chi connectivity index (χ3v) is 3.37. The molecule has 0 aliphatic heterocycles. The van der Waals surface area contributed by atoms with Crippen molar-refractivity contribution in [2.45, 2.75) is 39.0 Å². The summed E-state index contributed by atoms with van der Waals surface area (Å²) in [6.07, 6.45) is 5.27. The van der Waals surface area contributed by atoms with Gasteiger partial charge >= 0.3 is 5.97 Å². The molecule has 0 saturated heterocycles. The number of nitrogens with zero attached hydrogens (tertiary/aromatic N) is 1. The quantitative estimate of drug-likeness (QED) is 0.799. The van der Waals surface area contributed by atoms with Crippen LogP contribution >= 0.6 is 0 Å². The summed E-state index contributed by atoms with van der Waals surface area (Å²) in [4.78, 5) is 15.6. The molecule has 4 nitrogen and oxygen atoms in total. The van der Waals surface area contributed by atoms with Crippen molar-refractivity contribution in [1.82, 2.24) is 4.98 Å². The highest BCUT2D eigenvalue weighted by atomic mass is 16.5. The average Bonchev–Trinajstić information content (AvgIpc) is 2.53. The predicted molar refractivity (Wildman–Crippen MR) is 63.7 cm³/mol. The zero-order valence-electron chi connectivity index (χ0n) is 10.2. The van der Waals surface area contributed by atoms with Crippen LogP contribution in [0.2, 0.25) is 0 Å². The van der Waals surface area contributed by atoms with Crippen LogP contribution in [-0.4, -0.2) is 23.2 Å². The average molecular weight is 235 g/mol. The monoisotopic (exact) mass is 235 g/mol. The Morgan fingerprint density at radius 3 is 2.65 bits per heavy atom. The van der Waals surface area contributed by atoms with Crippen LogP contribution in [-0.2, 0) is 12.8 Å². The number of hydrogen-bond acceptors (Lipinski definition) is 3. The topological polar surface area (TPSA) is 59.4 Å². The van der Waals surface area contributed by atoms with Crippen molar-refractivity contribution in [2.75, 3.05) is 7.11 Å². The highest BCUT2D eigenvalue weighted by molar-refractivity contribution is 5.92. The molecular weight excluding hydrogens is 218 g/mol. The Kier molecular flexibility index (Phi) is 3.31. The Morgan fingerprint density at radius 2 is 2.00 bits per heavy atom. The molecule has 1 aliphatic carbocycles. The van der Waals surface area contributed by atoms with Crippen molar-refractivity contribution >= 4 is 5.97 Å². The first-order valence-corrected chi connectivity index (χ1v) is 5.94. The number of carbonyl (C=O) groups is 1. The highest BCUT2D eigenvalue weighted by Crippen LogP contribution is 2.29. The highest BCUT2D eigenvalue weighted by Gasteiger charge is 2.22. The first kappa shape index (κ1) is 11.9. The fraction of sp³-hybridized carbons (Fsp3) is 0.538. The Bertz CT molecular complexity index is 454. The second-order valence-electron chi connectivity index (χ2n) is 4.41. The first-order valence-electron chi connectivity index (χ1n) is 5.94. The normalized spacial score (nSPS) is 14.9. The van der Waals surface area contributed by atoms with Crippen LogP contribution in [0.5, 0.6) is 5.88 Å². The minimum Gasteiger partial charge on any atom is -0.480 e. The minimum atomic E-state index is -0.959. The smallest absolute Gasteiger partial charge is 0.341 e. The van der Waals surface area contributed by atoms with E-state index in [0.29, 0.717) is 0 Å². The van der Waals surface area contributed by atoms with Crippen molar-refractivity contribution in [1.29, 1.82) is 0 Å². The molecule has 1 aromatic rings. The number of aromatic carboxylic acids is 1. The van der Waals surface area contributed by atoms with E-state index in [0.717, 1.165) is 42.5 Å². The van der Waals surface area contributed by atoms with Gasteiger partial charge in [0.2, 0.25) is 5.88 Å². The number of rotatable bonds is 2. The van der Waals surface area contributed by atoms with Gasteiger partial charge in [-0.05, 0) is 43.7 Å². The molecule has 1 N–H and O–H groups in total. The van der Waals surface area contributed by atoms with Gasteiger partial charge in [0.25, 0.3) is 0 Å². The maximum atomic E-state index is 11.3. The van der Waals surface area contributed by atoms with Crippen LogP contribution in [0.4, 0.5) is 0 Å². The van der Waals surface area contributed by atoms with E-state index in [2.05, 4.69) is 4.98 Å². The third-order valence-electron chi connectivity index (χ3n) is 3.37. The Morgan fingerprint density at radius 1 is 1.29 bits per heavy atom. The van der Waals surface area contributed by atoms with Crippen LogP contribution in [0.15, 0.2) is 0 Å². The predicted octanol–water partition coefficient (Wildman–Crippen LogP) is 2.37. The number of pyridine rings is 1. The van der Waals surface area contributed by atoms with Gasteiger partial charge in [-0.2, -0.15) is 0 Å². The number of carboxylic acids is 1. The summed E-state index contributed by atoms with van der Waals surface area (Å²) in [6.45, 7) is 1.86. The lowest BCUT2D eigenvalue weighted by atomic mass is 9.98. The van der Waals surface area contributed by atoms with E-state index in [1.54, 1.807) is 0 Å². The molecule has 1 aromatic heterocycles. The van der Waals surface area contributed by atoms with Gasteiger partial charge in [0.1, 0.15) is 5.56 Å². The maximum absolute atomic E-state index is 11.3. The molecule has 17 heavy (non-hydrogen) atoms. The van der Waals surface area contributed by atoms with E-state index in [1.165, 1.54) is 13.5 Å². The lowest BCUT2D eigenvalue weighted by molar-refractivity contribution is 0.0691. The van der Waals surface area contributed by atoms with E-state index in [-0.39, 0.29) is 11.4 Å². The van der Waals surface area contributed by atoms with Crippen LogP contribution < -0.4 is 4.74 Å². The van der Waals surface area contributed by atoms with E-state index in [4.69, 9.17) is 4.74 Å². The van der Waals surface area contributed by atoms with E-state index in [1.807, 2.05) is 6.92 Å². The molecule has 1 aliphatic rings. The van der Waals surface area contributed by atoms with E-state index in [9.17, 15) is 9.90 Å². The summed E-state index contributed by atoms with van der Waals surface area (Å²) in [5, 5.41) is 9.23. The fourth-order valence-corrected chi connectivity index (χ4v) is 2.48. The van der Waals surface area contributed by atoms with Gasteiger partial charge in [0.05, 0.1) is 7.11 Å². The number of ether oxygens (including phenoxy) is 1. The van der Waals surface area contributed by atoms with Gasteiger partial charge in [0, 0.05) is 5.69 Å². The number of carboxylic acid groups (broad SMARTS) is 1. The van der Waals surface area contributed by atoms with Gasteiger partial charge in [0.15, 0.2) is 0 Å². The number of aromatic nitrogens is 1. The molecule has 0 saturated carbocycles. The summed E-state index contributed by atoms with van der Waals surface area (Å²) in [5.74, 6) is -0.713. The zero-order chi connectivity index (χ0) is 12.4. The number of hydrogen-bond donors (Lipinski definition) is 1. The van der Waals surface area contributed by atoms with Crippen LogP contribution in [0.3, 0.4) is 0 Å². The molecule has 92 valence electrons. The van der Waals surface area contributed by atoms with Crippen molar-refractivity contribution in [2.24, 2.45) is 0 Å². The Balaban J connectivity index is 2.62. The number of fused-ring (bicyclic) bond motifs is 1. The second-order valence-corrected chi connectivity index (χ2v) is 4.41. The van der Waals surface area contributed by atoms with Crippen molar-refractivity contribution in [3.05, 3.63) is 22.4 Å². The van der Waals surface area contributed by atoms with Crippen molar-refractivity contribution in [3.8, 4) is 5.88 Å². The molecule has 0 spiro atoms. The standard InChI is InChI=1S/C13H17NO3/c1-8-9-6-4-3-5-7-10(9)14-12(17-2)11(8)13(15)16/h3-7H2,1-2H3,(H,15,16). The summed E-state index contributed by atoms with van der Waals surface area (Å²) in [7, 11) is 1.47. The lowest BCUT2D eigenvalue weighted by Crippen LogP contribution is -2.11. The molecule has 0 radical (unpaired) electrons. The molecule has 0 unspecified atom stereocenters. The van der Waals surface area contributed by atoms with Gasteiger partial charge in [-0.25, -0.2) is 9.78 Å². The van der Waals surface area contributed by atoms with Crippen LogP contribution in [0, 0.1) is 6.92 Å². The van der Waals surface area contributed by atoms with E-state index >= 15 is 0 Å². The lowest BCUT2D eigenvalue weighted by Gasteiger charge is -2.14. The number of methoxy groups -OCH3 is 1. The van der Waals surface area contributed by atoms with Crippen molar-refractivity contribution in [3.63, 3.8) is 0 Å². The van der Waals surface area contributed by atoms with Gasteiger partial charge < -0.3 is 9.84 Å². The van der Waals surface area contributed by atoms with Gasteiger partial charge in [-0.15, -0.1) is 0 Å². The Hall–Kier alpha value is -1.58. The summed E-state index contributed by atoms with van der Waals surface area (Å²) < 4.78 is 5.10. The largest absolute Gasteiger partial charge is 0.480 e. The second kappa shape index (κ2) is 4.73. The molecule has 1 heterocycles. The van der Waals surface area contributed by atoms with Gasteiger partial charge in [-0.1, -0.05) is 6.42 Å². The van der Waals surface area contributed by atoms with Crippen molar-refractivity contribution < 1.29 is 14.6 Å². The SMILES string of the molecule is COc1nc2c(c(C)c1C(=O)O)CCCCC2. The summed E-state index contributed by atoms with van der Waals surface area (Å²) in [5.41, 5.74) is 3.16. The molecule has 0 bridgehead atoms. The summed E-state index contributed by atoms with van der Waals surface area (Å²) in [6, 6.07) is 0. The van der Waals surface area contributed by atoms with Crippen LogP contribution in [0.1, 0.15) is 46.4 Å². The molecule has 0 fully saturated rings. The summed E-state index contributed by atoms with van der Waals surface area (Å²) >= 11 is 0. The molecular formula is C13H17NO3.